The van der Waals surface area contributed by atoms with Gasteiger partial charge in [0, 0.05) is 22.4 Å². The predicted molar refractivity (Wildman–Crippen MR) is 141 cm³/mol. The van der Waals surface area contributed by atoms with E-state index in [0.29, 0.717) is 22.9 Å². The van der Waals surface area contributed by atoms with Crippen molar-refractivity contribution < 1.29 is 14.9 Å². The van der Waals surface area contributed by atoms with Gasteiger partial charge in [-0.1, -0.05) is 53.8 Å². The minimum Gasteiger partial charge on any atom is -0.507 e. The van der Waals surface area contributed by atoms with E-state index in [9.17, 15) is 10.2 Å². The Morgan fingerprint density at radius 3 is 1.91 bits per heavy atom. The zero-order chi connectivity index (χ0) is 25.1. The Balaban J connectivity index is 2.00. The van der Waals surface area contributed by atoms with Crippen molar-refractivity contribution in [2.24, 2.45) is 0 Å². The first-order chi connectivity index (χ1) is 15.0. The topological polar surface area (TPSA) is 61.7 Å². The molecule has 0 fully saturated rings. The van der Waals surface area contributed by atoms with Crippen LogP contribution in [0.15, 0.2) is 12.1 Å². The summed E-state index contributed by atoms with van der Waals surface area (Å²) in [5.74, 6) is 1.53. The number of benzene rings is 2. The third kappa shape index (κ3) is 4.57. The van der Waals surface area contributed by atoms with Crippen LogP contribution in [-0.4, -0.2) is 20.8 Å². The summed E-state index contributed by atoms with van der Waals surface area (Å²) in [7, 11) is 0. The standard InChI is InChI=1S/C28H39NO3S/c1-15-16(2)24-19(17(3)22(15)30)11-12-28(10,32-24)25(33)29-18-13-20(26(4,5)6)23(31)21(14-18)27(7,8)9/h13-14,30-31H,11-12H2,1-10H3,(H,29,33). The number of hydrogen-bond acceptors (Lipinski definition) is 4. The fraction of sp³-hybridized carbons (Fsp3) is 0.536. The molecule has 33 heavy (non-hydrogen) atoms. The second-order valence-corrected chi connectivity index (χ2v) is 12.1. The molecular formula is C28H39NO3S. The van der Waals surface area contributed by atoms with Gasteiger partial charge in [-0.3, -0.25) is 0 Å². The molecule has 0 amide bonds. The van der Waals surface area contributed by atoms with E-state index in [1.54, 1.807) is 0 Å². The van der Waals surface area contributed by atoms with Crippen LogP contribution in [0, 0.1) is 20.8 Å². The van der Waals surface area contributed by atoms with Gasteiger partial charge in [0.15, 0.2) is 5.60 Å². The van der Waals surface area contributed by atoms with Crippen molar-refractivity contribution in [2.75, 3.05) is 5.32 Å². The molecular weight excluding hydrogens is 430 g/mol. The number of thiocarbonyl (C=S) groups is 1. The minimum atomic E-state index is -0.676. The molecule has 0 radical (unpaired) electrons. The molecule has 1 aliphatic heterocycles. The maximum Gasteiger partial charge on any atom is 0.156 e. The summed E-state index contributed by atoms with van der Waals surface area (Å²) in [5.41, 5.74) is 5.26. The smallest absolute Gasteiger partial charge is 0.156 e. The molecule has 0 saturated heterocycles. The number of phenolic OH excluding ortho intramolecular Hbond substituents is 2. The highest BCUT2D eigenvalue weighted by molar-refractivity contribution is 7.80. The lowest BCUT2D eigenvalue weighted by molar-refractivity contribution is 0.134. The fourth-order valence-corrected chi connectivity index (χ4v) is 4.78. The van der Waals surface area contributed by atoms with Gasteiger partial charge in [-0.15, -0.1) is 0 Å². The molecule has 0 aliphatic carbocycles. The van der Waals surface area contributed by atoms with Gasteiger partial charge in [0.05, 0.1) is 0 Å². The van der Waals surface area contributed by atoms with Gasteiger partial charge in [-0.25, -0.2) is 0 Å². The zero-order valence-electron chi connectivity index (χ0n) is 21.8. The van der Waals surface area contributed by atoms with Crippen LogP contribution in [0.1, 0.15) is 88.3 Å². The third-order valence-electron chi connectivity index (χ3n) is 6.98. The normalized spacial score (nSPS) is 18.5. The van der Waals surface area contributed by atoms with E-state index in [1.165, 1.54) is 0 Å². The zero-order valence-corrected chi connectivity index (χ0v) is 22.6. The molecule has 1 unspecified atom stereocenters. The Hall–Kier alpha value is -2.27. The van der Waals surface area contributed by atoms with Crippen LogP contribution in [0.25, 0.3) is 0 Å². The highest BCUT2D eigenvalue weighted by atomic mass is 32.1. The molecule has 3 rings (SSSR count). The Bertz CT molecular complexity index is 1090. The van der Waals surface area contributed by atoms with E-state index in [0.717, 1.165) is 51.2 Å². The van der Waals surface area contributed by atoms with Crippen LogP contribution in [-0.2, 0) is 17.3 Å². The Kier molecular flexibility index (Phi) is 6.29. The summed E-state index contributed by atoms with van der Waals surface area (Å²) in [6, 6.07) is 3.99. The van der Waals surface area contributed by atoms with Crippen molar-refractivity contribution in [3.8, 4) is 17.2 Å². The minimum absolute atomic E-state index is 0.220. The molecule has 2 aromatic rings. The predicted octanol–water partition coefficient (Wildman–Crippen LogP) is 7.14. The summed E-state index contributed by atoms with van der Waals surface area (Å²) < 4.78 is 6.56. The fourth-order valence-electron chi connectivity index (χ4n) is 4.52. The van der Waals surface area contributed by atoms with Crippen molar-refractivity contribution in [2.45, 2.75) is 98.5 Å². The first-order valence-corrected chi connectivity index (χ1v) is 12.1. The second kappa shape index (κ2) is 8.19. The van der Waals surface area contributed by atoms with Crippen molar-refractivity contribution in [3.63, 3.8) is 0 Å². The number of phenols is 2. The molecule has 1 heterocycles. The molecule has 180 valence electrons. The van der Waals surface area contributed by atoms with E-state index < -0.39 is 5.60 Å². The third-order valence-corrected chi connectivity index (χ3v) is 7.52. The molecule has 0 saturated carbocycles. The lowest BCUT2D eigenvalue weighted by Gasteiger charge is -2.38. The van der Waals surface area contributed by atoms with Gasteiger partial charge < -0.3 is 20.3 Å². The maximum absolute atomic E-state index is 11.0. The van der Waals surface area contributed by atoms with Gasteiger partial charge in [-0.05, 0) is 80.2 Å². The van der Waals surface area contributed by atoms with Crippen molar-refractivity contribution in [1.29, 1.82) is 0 Å². The molecule has 3 N–H and O–H groups in total. The first kappa shape index (κ1) is 25.4. The number of rotatable bonds is 2. The number of anilines is 1. The summed E-state index contributed by atoms with van der Waals surface area (Å²) >= 11 is 5.89. The SMILES string of the molecule is Cc1c(C)c2c(c(C)c1O)CCC(C)(C(=S)Nc1cc(C(C)(C)C)c(O)c(C(C)(C)C)c1)O2. The lowest BCUT2D eigenvalue weighted by atomic mass is 9.79. The van der Waals surface area contributed by atoms with Crippen LogP contribution in [0.3, 0.4) is 0 Å². The van der Waals surface area contributed by atoms with Gasteiger partial charge in [0.1, 0.15) is 22.2 Å². The average Bonchev–Trinajstić information content (AvgIpc) is 2.70. The van der Waals surface area contributed by atoms with Crippen LogP contribution in [0.4, 0.5) is 5.69 Å². The highest BCUT2D eigenvalue weighted by Gasteiger charge is 2.38. The van der Waals surface area contributed by atoms with Crippen LogP contribution in [0.2, 0.25) is 0 Å². The van der Waals surface area contributed by atoms with Crippen LogP contribution in [0.5, 0.6) is 17.2 Å². The average molecular weight is 470 g/mol. The van der Waals surface area contributed by atoms with E-state index in [4.69, 9.17) is 17.0 Å². The monoisotopic (exact) mass is 469 g/mol. The molecule has 0 spiro atoms. The van der Waals surface area contributed by atoms with Crippen molar-refractivity contribution in [1.82, 2.24) is 0 Å². The van der Waals surface area contributed by atoms with Gasteiger partial charge >= 0.3 is 0 Å². The molecule has 0 aromatic heterocycles. The van der Waals surface area contributed by atoms with Gasteiger partial charge in [0.25, 0.3) is 0 Å². The Labute approximate surface area is 204 Å². The molecule has 4 nitrogen and oxygen atoms in total. The lowest BCUT2D eigenvalue weighted by Crippen LogP contribution is -2.47. The molecule has 5 heteroatoms. The maximum atomic E-state index is 11.0. The van der Waals surface area contributed by atoms with Crippen LogP contribution >= 0.6 is 12.2 Å². The molecule has 1 aliphatic rings. The summed E-state index contributed by atoms with van der Waals surface area (Å²) in [5, 5.41) is 24.9. The number of aromatic hydroxyl groups is 2. The number of hydrogen-bond donors (Lipinski definition) is 3. The Morgan fingerprint density at radius 1 is 0.909 bits per heavy atom. The van der Waals surface area contributed by atoms with Gasteiger partial charge in [0.2, 0.25) is 0 Å². The summed E-state index contributed by atoms with van der Waals surface area (Å²) in [6.07, 6.45) is 1.50. The van der Waals surface area contributed by atoms with E-state index in [-0.39, 0.29) is 10.8 Å². The highest BCUT2D eigenvalue weighted by Crippen LogP contribution is 2.45. The first-order valence-electron chi connectivity index (χ1n) is 11.7. The second-order valence-electron chi connectivity index (χ2n) is 11.7. The van der Waals surface area contributed by atoms with Crippen molar-refractivity contribution in [3.05, 3.63) is 45.5 Å². The molecule has 1 atom stereocenters. The molecule has 0 bridgehead atoms. The Morgan fingerprint density at radius 2 is 1.42 bits per heavy atom. The number of ether oxygens (including phenoxy) is 1. The summed E-state index contributed by atoms with van der Waals surface area (Å²) in [4.78, 5) is 0.612. The van der Waals surface area contributed by atoms with Crippen molar-refractivity contribution >= 4 is 22.9 Å². The molecule has 2 aromatic carbocycles. The number of nitrogens with one attached hydrogen (secondary N) is 1. The largest absolute Gasteiger partial charge is 0.507 e. The quantitative estimate of drug-likeness (QED) is 0.322. The van der Waals surface area contributed by atoms with Gasteiger partial charge in [-0.2, -0.15) is 0 Å². The van der Waals surface area contributed by atoms with E-state index >= 15 is 0 Å². The van der Waals surface area contributed by atoms with E-state index in [1.807, 2.05) is 39.8 Å². The van der Waals surface area contributed by atoms with Crippen LogP contribution < -0.4 is 10.1 Å². The number of fused-ring (bicyclic) bond motifs is 1. The van der Waals surface area contributed by atoms with E-state index in [2.05, 4.69) is 46.9 Å². The summed E-state index contributed by atoms with van der Waals surface area (Å²) in [6.45, 7) is 20.5.